The number of hydrogen-bond donors (Lipinski definition) is 1. The number of rotatable bonds is 12. The van der Waals surface area contributed by atoms with Crippen LogP contribution in [0.3, 0.4) is 0 Å². The summed E-state index contributed by atoms with van der Waals surface area (Å²) >= 11 is 4.96. The second kappa shape index (κ2) is 14.2. The van der Waals surface area contributed by atoms with Gasteiger partial charge in [0, 0.05) is 29.2 Å². The minimum atomic E-state index is -0.688. The van der Waals surface area contributed by atoms with Crippen molar-refractivity contribution >= 4 is 39.5 Å². The Morgan fingerprint density at radius 2 is 1.58 bits per heavy atom. The number of hydrogen-bond acceptors (Lipinski definition) is 3. The first kappa shape index (κ1) is 27.9. The molecule has 0 aliphatic heterocycles. The van der Waals surface area contributed by atoms with Gasteiger partial charge in [-0.25, -0.2) is 4.39 Å². The summed E-state index contributed by atoms with van der Waals surface area (Å²) in [5.74, 6) is 0.283. The Bertz CT molecular complexity index is 1110. The van der Waals surface area contributed by atoms with Gasteiger partial charge in [-0.2, -0.15) is 0 Å². The summed E-state index contributed by atoms with van der Waals surface area (Å²) in [5.41, 5.74) is 2.87. The summed E-state index contributed by atoms with van der Waals surface area (Å²) in [7, 11) is 0. The monoisotopic (exact) mass is 570 g/mol. The number of nitrogens with zero attached hydrogens (tertiary/aromatic N) is 1. The fourth-order valence-electron chi connectivity index (χ4n) is 3.70. The molecule has 0 fully saturated rings. The Morgan fingerprint density at radius 3 is 2.22 bits per heavy atom. The van der Waals surface area contributed by atoms with Crippen molar-refractivity contribution in [3.8, 4) is 0 Å². The highest BCUT2D eigenvalue weighted by molar-refractivity contribution is 9.10. The first-order valence-corrected chi connectivity index (χ1v) is 14.0. The van der Waals surface area contributed by atoms with Crippen LogP contribution in [0.5, 0.6) is 0 Å². The Balaban J connectivity index is 1.84. The van der Waals surface area contributed by atoms with Crippen molar-refractivity contribution in [2.24, 2.45) is 0 Å². The van der Waals surface area contributed by atoms with Crippen molar-refractivity contribution in [3.05, 3.63) is 106 Å². The van der Waals surface area contributed by atoms with Gasteiger partial charge in [0.05, 0.1) is 5.75 Å². The van der Waals surface area contributed by atoms with Crippen LogP contribution in [0, 0.1) is 5.82 Å². The van der Waals surface area contributed by atoms with E-state index >= 15 is 0 Å². The first-order chi connectivity index (χ1) is 17.4. The molecule has 0 saturated carbocycles. The summed E-state index contributed by atoms with van der Waals surface area (Å²) in [6, 6.07) is 23.1. The zero-order valence-electron chi connectivity index (χ0n) is 20.6. The molecule has 190 valence electrons. The minimum Gasteiger partial charge on any atom is -0.352 e. The molecule has 0 aliphatic rings. The van der Waals surface area contributed by atoms with Gasteiger partial charge in [-0.3, -0.25) is 9.59 Å². The molecular formula is C29H32BrFN2O2S. The fourth-order valence-corrected chi connectivity index (χ4v) is 4.84. The molecule has 2 atom stereocenters. The van der Waals surface area contributed by atoms with E-state index in [0.717, 1.165) is 27.6 Å². The second-order valence-corrected chi connectivity index (χ2v) is 10.7. The van der Waals surface area contributed by atoms with Crippen LogP contribution in [-0.2, 0) is 28.3 Å². The highest BCUT2D eigenvalue weighted by atomic mass is 79.9. The quantitative estimate of drug-likeness (QED) is 0.275. The number of carbonyl (C=O) groups excluding carboxylic acids is 2. The second-order valence-electron chi connectivity index (χ2n) is 8.79. The summed E-state index contributed by atoms with van der Waals surface area (Å²) in [6.07, 6.45) is 1.19. The third kappa shape index (κ3) is 8.79. The van der Waals surface area contributed by atoms with E-state index in [4.69, 9.17) is 0 Å². The lowest BCUT2D eigenvalue weighted by molar-refractivity contribution is -0.139. The average Bonchev–Trinajstić information content (AvgIpc) is 2.88. The van der Waals surface area contributed by atoms with Crippen LogP contribution in [0.25, 0.3) is 0 Å². The van der Waals surface area contributed by atoms with E-state index in [1.54, 1.807) is 17.0 Å². The summed E-state index contributed by atoms with van der Waals surface area (Å²) in [4.78, 5) is 28.7. The lowest BCUT2D eigenvalue weighted by Gasteiger charge is -2.32. The molecule has 36 heavy (non-hydrogen) atoms. The molecule has 3 rings (SSSR count). The topological polar surface area (TPSA) is 49.4 Å². The molecule has 2 amide bonds. The van der Waals surface area contributed by atoms with Crippen LogP contribution < -0.4 is 5.32 Å². The molecule has 0 aliphatic carbocycles. The Kier molecular flexibility index (Phi) is 11.0. The van der Waals surface area contributed by atoms with E-state index in [0.29, 0.717) is 12.2 Å². The number of carbonyl (C=O) groups is 2. The molecule has 3 aromatic rings. The molecule has 7 heteroatoms. The van der Waals surface area contributed by atoms with Crippen LogP contribution >= 0.6 is 27.7 Å². The van der Waals surface area contributed by atoms with E-state index in [1.807, 2.05) is 68.4 Å². The maximum absolute atomic E-state index is 13.6. The van der Waals surface area contributed by atoms with Gasteiger partial charge < -0.3 is 10.2 Å². The lowest BCUT2D eigenvalue weighted by atomic mass is 10.0. The van der Waals surface area contributed by atoms with Gasteiger partial charge in [-0.05, 0) is 54.3 Å². The van der Waals surface area contributed by atoms with Gasteiger partial charge in [-0.1, -0.05) is 77.5 Å². The van der Waals surface area contributed by atoms with Crippen molar-refractivity contribution in [3.63, 3.8) is 0 Å². The Labute approximate surface area is 225 Å². The third-order valence-electron chi connectivity index (χ3n) is 5.95. The molecule has 0 saturated heterocycles. The zero-order valence-corrected chi connectivity index (χ0v) is 23.0. The molecule has 3 aromatic carbocycles. The van der Waals surface area contributed by atoms with E-state index in [1.165, 1.54) is 23.9 Å². The summed E-state index contributed by atoms with van der Waals surface area (Å²) < 4.78 is 14.5. The smallest absolute Gasteiger partial charge is 0.243 e. The third-order valence-corrected chi connectivity index (χ3v) is 7.46. The van der Waals surface area contributed by atoms with Gasteiger partial charge in [0.25, 0.3) is 0 Å². The maximum Gasteiger partial charge on any atom is 0.243 e. The van der Waals surface area contributed by atoms with Crippen molar-refractivity contribution in [2.45, 2.75) is 51.1 Å². The number of thioether (sulfide) groups is 1. The predicted octanol–water partition coefficient (Wildman–Crippen LogP) is 6.38. The van der Waals surface area contributed by atoms with Gasteiger partial charge in [0.1, 0.15) is 11.9 Å². The standard InChI is InChI=1S/C29H32BrFN2O2S/c1-3-21(2)32-29(35)27(17-22-7-5-4-6-8-22)33(18-23-11-15-26(31)16-12-23)28(34)20-36-19-24-9-13-25(30)14-10-24/h4-16,21,27H,3,17-20H2,1-2H3,(H,32,35)/t21-,27-/m1/s1. The van der Waals surface area contributed by atoms with E-state index in [9.17, 15) is 14.0 Å². The molecule has 0 aromatic heterocycles. The molecule has 0 bridgehead atoms. The van der Waals surface area contributed by atoms with Gasteiger partial charge in [0.2, 0.25) is 11.8 Å². The van der Waals surface area contributed by atoms with Crippen LogP contribution in [0.1, 0.15) is 37.0 Å². The Morgan fingerprint density at radius 1 is 0.944 bits per heavy atom. The minimum absolute atomic E-state index is 0.00896. The number of benzene rings is 3. The number of amides is 2. The van der Waals surface area contributed by atoms with Crippen molar-refractivity contribution < 1.29 is 14.0 Å². The number of halogens is 2. The van der Waals surface area contributed by atoms with Gasteiger partial charge in [-0.15, -0.1) is 11.8 Å². The zero-order chi connectivity index (χ0) is 25.9. The van der Waals surface area contributed by atoms with E-state index in [-0.39, 0.29) is 36.0 Å². The molecule has 1 N–H and O–H groups in total. The van der Waals surface area contributed by atoms with Crippen molar-refractivity contribution in [1.82, 2.24) is 10.2 Å². The highest BCUT2D eigenvalue weighted by Crippen LogP contribution is 2.20. The predicted molar refractivity (Wildman–Crippen MR) is 149 cm³/mol. The SMILES string of the molecule is CC[C@@H](C)NC(=O)[C@@H](Cc1ccccc1)N(Cc1ccc(F)cc1)C(=O)CSCc1ccc(Br)cc1. The van der Waals surface area contributed by atoms with Crippen molar-refractivity contribution in [1.29, 1.82) is 0 Å². The van der Waals surface area contributed by atoms with Gasteiger partial charge in [0.15, 0.2) is 0 Å². The van der Waals surface area contributed by atoms with E-state index in [2.05, 4.69) is 21.2 Å². The van der Waals surface area contributed by atoms with E-state index < -0.39 is 6.04 Å². The van der Waals surface area contributed by atoms with Gasteiger partial charge >= 0.3 is 0 Å². The van der Waals surface area contributed by atoms with Crippen LogP contribution in [-0.4, -0.2) is 34.6 Å². The summed E-state index contributed by atoms with van der Waals surface area (Å²) in [6.45, 7) is 4.19. The van der Waals surface area contributed by atoms with Crippen LogP contribution in [0.15, 0.2) is 83.3 Å². The molecule has 0 heterocycles. The van der Waals surface area contributed by atoms with Crippen molar-refractivity contribution in [2.75, 3.05) is 5.75 Å². The molecule has 0 radical (unpaired) electrons. The van der Waals surface area contributed by atoms with Crippen LogP contribution in [0.2, 0.25) is 0 Å². The highest BCUT2D eigenvalue weighted by Gasteiger charge is 2.30. The fraction of sp³-hybridized carbons (Fsp3) is 0.310. The Hall–Kier alpha value is -2.64. The largest absolute Gasteiger partial charge is 0.352 e. The molecule has 0 spiro atoms. The molecular weight excluding hydrogens is 539 g/mol. The maximum atomic E-state index is 13.6. The van der Waals surface area contributed by atoms with Crippen LogP contribution in [0.4, 0.5) is 4.39 Å². The average molecular weight is 572 g/mol. The summed E-state index contributed by atoms with van der Waals surface area (Å²) in [5, 5.41) is 3.06. The lowest BCUT2D eigenvalue weighted by Crippen LogP contribution is -2.52. The number of nitrogens with one attached hydrogen (secondary N) is 1. The molecule has 0 unspecified atom stereocenters. The first-order valence-electron chi connectivity index (χ1n) is 12.1. The molecule has 4 nitrogen and oxygen atoms in total. The normalized spacial score (nSPS) is 12.6.